The molecule has 62 heavy (non-hydrogen) atoms. The fraction of sp³-hybridized carbons (Fsp3) is 0.0508. The van der Waals surface area contributed by atoms with Gasteiger partial charge in [0.2, 0.25) is 0 Å². The number of rotatable bonds is 5. The number of hydrogen-bond donors (Lipinski definition) is 0. The van der Waals surface area contributed by atoms with Gasteiger partial charge >= 0.3 is 0 Å². The number of benzene rings is 10. The van der Waals surface area contributed by atoms with Gasteiger partial charge in [-0.2, -0.15) is 0 Å². The summed E-state index contributed by atoms with van der Waals surface area (Å²) in [5.41, 5.74) is 12.9. The summed E-state index contributed by atoms with van der Waals surface area (Å²) >= 11 is 0. The molecule has 0 unspecified atom stereocenters. The second kappa shape index (κ2) is 13.0. The molecule has 1 aliphatic heterocycles. The maximum Gasteiger partial charge on any atom is 0.180 e. The Hall–Kier alpha value is -7.46. The molecule has 2 nitrogen and oxygen atoms in total. The first kappa shape index (κ1) is 35.3. The van der Waals surface area contributed by atoms with Gasteiger partial charge in [-0.05, 0) is 107 Å². The molecule has 0 saturated carbocycles. The zero-order valence-electron chi connectivity index (χ0n) is 34.6. The van der Waals surface area contributed by atoms with Crippen molar-refractivity contribution in [2.45, 2.75) is 19.3 Å². The number of furan rings is 1. The third-order valence-electron chi connectivity index (χ3n) is 14.1. The highest BCUT2D eigenvalue weighted by molar-refractivity contribution is 7.22. The third-order valence-corrected chi connectivity index (χ3v) is 18.9. The van der Waals surface area contributed by atoms with Crippen molar-refractivity contribution in [1.82, 2.24) is 0 Å². The van der Waals surface area contributed by atoms with Gasteiger partial charge in [-0.3, -0.25) is 0 Å². The first-order valence-electron chi connectivity index (χ1n) is 21.7. The lowest BCUT2D eigenvalue weighted by Crippen LogP contribution is -2.72. The van der Waals surface area contributed by atoms with Gasteiger partial charge in [0.15, 0.2) is 8.07 Å². The third kappa shape index (κ3) is 4.85. The van der Waals surface area contributed by atoms with Crippen LogP contribution in [0.5, 0.6) is 0 Å². The van der Waals surface area contributed by atoms with Crippen LogP contribution in [0.1, 0.15) is 25.0 Å². The molecule has 0 atom stereocenters. The van der Waals surface area contributed by atoms with Crippen LogP contribution in [-0.2, 0) is 5.41 Å². The van der Waals surface area contributed by atoms with Crippen molar-refractivity contribution in [3.05, 3.63) is 223 Å². The van der Waals surface area contributed by atoms with E-state index in [1.54, 1.807) is 0 Å². The van der Waals surface area contributed by atoms with Crippen molar-refractivity contribution in [3.8, 4) is 22.3 Å². The number of anilines is 3. The number of hydrogen-bond acceptors (Lipinski definition) is 2. The smallest absolute Gasteiger partial charge is 0.180 e. The van der Waals surface area contributed by atoms with Gasteiger partial charge < -0.3 is 9.32 Å². The number of fused-ring (bicyclic) bond motifs is 11. The summed E-state index contributed by atoms with van der Waals surface area (Å²) in [6, 6.07) is 79.7. The first-order chi connectivity index (χ1) is 30.5. The molecular formula is C59H41NOSi. The summed E-state index contributed by atoms with van der Waals surface area (Å²) in [5, 5.41) is 12.9. The van der Waals surface area contributed by atoms with E-state index in [0.717, 1.165) is 39.0 Å². The van der Waals surface area contributed by atoms with Crippen molar-refractivity contribution in [2.75, 3.05) is 4.90 Å². The Kier molecular flexibility index (Phi) is 7.41. The molecule has 11 aromatic rings. The summed E-state index contributed by atoms with van der Waals surface area (Å²) < 4.78 is 6.61. The molecule has 13 rings (SSSR count). The van der Waals surface area contributed by atoms with Gasteiger partial charge in [0, 0.05) is 39.2 Å². The standard InChI is InChI=1S/C59H41NOSi/c1-59(2)51-21-10-7-18-46(51)47-32-28-42(36-52(47)59)60(43-29-33-49-48-19-8-11-23-54(48)61-55(49)37-43)53-22-13-25-57-58(53)50-20-9-12-24-56(50)62(57,44-30-26-38-14-3-5-16-40(38)34-44)45-31-27-39-15-4-6-17-41(39)35-45/h3-37H,1-2H3. The molecule has 3 heteroatoms. The minimum atomic E-state index is -2.93. The van der Waals surface area contributed by atoms with Crippen LogP contribution in [-0.4, -0.2) is 8.07 Å². The van der Waals surface area contributed by atoms with Crippen LogP contribution in [0, 0.1) is 0 Å². The fourth-order valence-electron chi connectivity index (χ4n) is 11.2. The molecule has 0 amide bonds. The molecule has 292 valence electrons. The topological polar surface area (TPSA) is 16.4 Å². The maximum atomic E-state index is 6.61. The average molecular weight is 808 g/mol. The molecule has 0 fully saturated rings. The maximum absolute atomic E-state index is 6.61. The van der Waals surface area contributed by atoms with E-state index in [0.29, 0.717) is 0 Å². The summed E-state index contributed by atoms with van der Waals surface area (Å²) in [7, 11) is -2.93. The molecule has 1 aliphatic carbocycles. The second-order valence-corrected chi connectivity index (χ2v) is 21.4. The highest BCUT2D eigenvalue weighted by Crippen LogP contribution is 2.52. The van der Waals surface area contributed by atoms with Gasteiger partial charge in [-0.1, -0.05) is 184 Å². The van der Waals surface area contributed by atoms with Crippen molar-refractivity contribution in [1.29, 1.82) is 0 Å². The Morgan fingerprint density at radius 2 is 0.984 bits per heavy atom. The molecular weight excluding hydrogens is 767 g/mol. The fourth-order valence-corrected chi connectivity index (χ4v) is 16.5. The van der Waals surface area contributed by atoms with Gasteiger partial charge in [0.1, 0.15) is 11.2 Å². The predicted octanol–water partition coefficient (Wildman–Crippen LogP) is 13.0. The largest absolute Gasteiger partial charge is 0.456 e. The van der Waals surface area contributed by atoms with Gasteiger partial charge in [-0.15, -0.1) is 0 Å². The Balaban J connectivity index is 1.12. The molecule has 0 saturated heterocycles. The minimum absolute atomic E-state index is 0.157. The predicted molar refractivity (Wildman–Crippen MR) is 264 cm³/mol. The van der Waals surface area contributed by atoms with Crippen LogP contribution < -0.4 is 25.6 Å². The first-order valence-corrected chi connectivity index (χ1v) is 23.7. The van der Waals surface area contributed by atoms with Crippen molar-refractivity contribution < 1.29 is 4.42 Å². The minimum Gasteiger partial charge on any atom is -0.456 e. The van der Waals surface area contributed by atoms with Crippen LogP contribution in [0.15, 0.2) is 217 Å². The lowest BCUT2D eigenvalue weighted by Gasteiger charge is -2.33. The van der Waals surface area contributed by atoms with E-state index in [1.165, 1.54) is 75.7 Å². The van der Waals surface area contributed by atoms with Crippen LogP contribution >= 0.6 is 0 Å². The quantitative estimate of drug-likeness (QED) is 0.161. The van der Waals surface area contributed by atoms with Crippen LogP contribution in [0.4, 0.5) is 17.1 Å². The molecule has 2 heterocycles. The molecule has 0 bridgehead atoms. The van der Waals surface area contributed by atoms with E-state index in [2.05, 4.69) is 225 Å². The molecule has 10 aromatic carbocycles. The van der Waals surface area contributed by atoms with Crippen LogP contribution in [0.2, 0.25) is 0 Å². The number of para-hydroxylation sites is 1. The molecule has 0 N–H and O–H groups in total. The Bertz CT molecular complexity index is 3570. The summed E-state index contributed by atoms with van der Waals surface area (Å²) in [6.07, 6.45) is 0. The highest BCUT2D eigenvalue weighted by Gasteiger charge is 2.50. The van der Waals surface area contributed by atoms with Crippen molar-refractivity contribution >= 4 is 89.4 Å². The van der Waals surface area contributed by atoms with Crippen molar-refractivity contribution in [3.63, 3.8) is 0 Å². The van der Waals surface area contributed by atoms with Gasteiger partial charge in [0.05, 0.1) is 5.69 Å². The zero-order chi connectivity index (χ0) is 41.2. The van der Waals surface area contributed by atoms with E-state index < -0.39 is 8.07 Å². The van der Waals surface area contributed by atoms with Crippen molar-refractivity contribution in [2.24, 2.45) is 0 Å². The van der Waals surface area contributed by atoms with E-state index in [4.69, 9.17) is 4.42 Å². The average Bonchev–Trinajstić information content (AvgIpc) is 3.92. The Morgan fingerprint density at radius 3 is 1.76 bits per heavy atom. The zero-order valence-corrected chi connectivity index (χ0v) is 35.6. The lowest BCUT2D eigenvalue weighted by atomic mass is 9.82. The van der Waals surface area contributed by atoms with E-state index in [1.807, 2.05) is 6.07 Å². The van der Waals surface area contributed by atoms with Crippen LogP contribution in [0.3, 0.4) is 0 Å². The highest BCUT2D eigenvalue weighted by atomic mass is 28.3. The van der Waals surface area contributed by atoms with E-state index >= 15 is 0 Å². The summed E-state index contributed by atoms with van der Waals surface area (Å²) in [5.74, 6) is 0. The number of nitrogens with zero attached hydrogens (tertiary/aromatic N) is 1. The monoisotopic (exact) mass is 807 g/mol. The Labute approximate surface area is 362 Å². The van der Waals surface area contributed by atoms with Gasteiger partial charge in [0.25, 0.3) is 0 Å². The summed E-state index contributed by atoms with van der Waals surface area (Å²) in [4.78, 5) is 2.51. The van der Waals surface area contributed by atoms with E-state index in [-0.39, 0.29) is 5.41 Å². The molecule has 0 radical (unpaired) electrons. The Morgan fingerprint density at radius 1 is 0.403 bits per heavy atom. The van der Waals surface area contributed by atoms with Gasteiger partial charge in [-0.25, -0.2) is 0 Å². The second-order valence-electron chi connectivity index (χ2n) is 17.6. The summed E-state index contributed by atoms with van der Waals surface area (Å²) in [6.45, 7) is 4.74. The molecule has 1 aromatic heterocycles. The molecule has 2 aliphatic rings. The normalized spacial score (nSPS) is 14.2. The SMILES string of the molecule is CC1(C)c2ccccc2-c2ccc(N(c3ccc4c(c3)oc3ccccc34)c3cccc4c3-c3ccccc3[Si]4(c3ccc4ccccc4c3)c3ccc4ccccc4c3)cc21. The van der Waals surface area contributed by atoms with Crippen LogP contribution in [0.25, 0.3) is 65.7 Å². The van der Waals surface area contributed by atoms with E-state index in [9.17, 15) is 0 Å². The lowest BCUT2D eigenvalue weighted by molar-refractivity contribution is 0.660. The molecule has 0 spiro atoms.